The van der Waals surface area contributed by atoms with E-state index >= 15 is 0 Å². The van der Waals surface area contributed by atoms with Crippen molar-refractivity contribution in [2.24, 2.45) is 0 Å². The van der Waals surface area contributed by atoms with Crippen molar-refractivity contribution < 1.29 is 4.79 Å². The molecule has 0 fully saturated rings. The molecule has 2 amide bonds. The molecule has 0 radical (unpaired) electrons. The van der Waals surface area contributed by atoms with Gasteiger partial charge in [-0.25, -0.2) is 4.79 Å². The molecule has 0 saturated heterocycles. The summed E-state index contributed by atoms with van der Waals surface area (Å²) in [5.74, 6) is 1.90. The monoisotopic (exact) mass is 265 g/mol. The minimum atomic E-state index is -0.0451. The van der Waals surface area contributed by atoms with E-state index in [1.807, 2.05) is 7.05 Å². The van der Waals surface area contributed by atoms with Gasteiger partial charge in [-0.3, -0.25) is 0 Å². The van der Waals surface area contributed by atoms with E-state index in [0.29, 0.717) is 6.54 Å². The smallest absolute Gasteiger partial charge is 0.317 e. The molecular weight excluding hydrogens is 242 g/mol. The van der Waals surface area contributed by atoms with Gasteiger partial charge < -0.3 is 14.8 Å². The first-order valence-corrected chi connectivity index (χ1v) is 7.05. The molecule has 1 aliphatic heterocycles. The van der Waals surface area contributed by atoms with Gasteiger partial charge in [0.05, 0.1) is 6.54 Å². The Morgan fingerprint density at radius 3 is 3.05 bits per heavy atom. The lowest BCUT2D eigenvalue weighted by molar-refractivity contribution is 0.190. The van der Waals surface area contributed by atoms with Crippen LogP contribution in [0.2, 0.25) is 0 Å². The number of carbonyl (C=O) groups is 1. The molecule has 0 aromatic carbocycles. The Morgan fingerprint density at radius 2 is 2.32 bits per heavy atom. The first kappa shape index (κ1) is 13.8. The molecular formula is C13H23N5O. The van der Waals surface area contributed by atoms with Crippen molar-refractivity contribution >= 4 is 6.03 Å². The number of urea groups is 1. The maximum atomic E-state index is 12.0. The van der Waals surface area contributed by atoms with Crippen molar-refractivity contribution in [1.82, 2.24) is 25.0 Å². The zero-order valence-corrected chi connectivity index (χ0v) is 12.0. The van der Waals surface area contributed by atoms with E-state index in [2.05, 4.69) is 33.9 Å². The molecule has 6 nitrogen and oxygen atoms in total. The maximum Gasteiger partial charge on any atom is 0.317 e. The van der Waals surface area contributed by atoms with Gasteiger partial charge in [0.25, 0.3) is 0 Å². The van der Waals surface area contributed by atoms with E-state index in [0.717, 1.165) is 43.9 Å². The van der Waals surface area contributed by atoms with Crippen LogP contribution in [0.25, 0.3) is 0 Å². The summed E-state index contributed by atoms with van der Waals surface area (Å²) >= 11 is 0. The summed E-state index contributed by atoms with van der Waals surface area (Å²) in [5, 5.41) is 11.2. The highest BCUT2D eigenvalue weighted by molar-refractivity contribution is 5.74. The predicted molar refractivity (Wildman–Crippen MR) is 72.7 cm³/mol. The Kier molecular flexibility index (Phi) is 4.39. The molecule has 106 valence electrons. The van der Waals surface area contributed by atoms with E-state index in [9.17, 15) is 4.79 Å². The van der Waals surface area contributed by atoms with Gasteiger partial charge in [-0.05, 0) is 19.8 Å². The molecule has 1 aliphatic rings. The van der Waals surface area contributed by atoms with Crippen LogP contribution in [-0.2, 0) is 19.5 Å². The second-order valence-electron chi connectivity index (χ2n) is 5.19. The lowest BCUT2D eigenvalue weighted by Crippen LogP contribution is -2.42. The second-order valence-corrected chi connectivity index (χ2v) is 5.19. The minimum Gasteiger partial charge on any atom is -0.331 e. The molecule has 1 atom stereocenters. The van der Waals surface area contributed by atoms with Crippen molar-refractivity contribution in [3.05, 3.63) is 11.6 Å². The van der Waals surface area contributed by atoms with E-state index in [4.69, 9.17) is 0 Å². The highest BCUT2D eigenvalue weighted by atomic mass is 16.2. The largest absolute Gasteiger partial charge is 0.331 e. The lowest BCUT2D eigenvalue weighted by Gasteiger charge is -2.24. The molecule has 0 aliphatic carbocycles. The summed E-state index contributed by atoms with van der Waals surface area (Å²) in [6.07, 6.45) is 4.22. The average molecular weight is 265 g/mol. The number of aromatic nitrogens is 3. The van der Waals surface area contributed by atoms with Crippen LogP contribution < -0.4 is 5.32 Å². The molecule has 1 aromatic rings. The van der Waals surface area contributed by atoms with E-state index in [1.165, 1.54) is 0 Å². The highest BCUT2D eigenvalue weighted by Crippen LogP contribution is 2.13. The van der Waals surface area contributed by atoms with Crippen molar-refractivity contribution in [1.29, 1.82) is 0 Å². The molecule has 0 unspecified atom stereocenters. The van der Waals surface area contributed by atoms with Crippen molar-refractivity contribution in [3.63, 3.8) is 0 Å². The summed E-state index contributed by atoms with van der Waals surface area (Å²) in [4.78, 5) is 13.8. The number of hydrogen-bond donors (Lipinski definition) is 1. The molecule has 1 N–H and O–H groups in total. The fraction of sp³-hybridized carbons (Fsp3) is 0.769. The third-order valence-corrected chi connectivity index (χ3v) is 3.77. The fourth-order valence-electron chi connectivity index (χ4n) is 2.43. The first-order valence-electron chi connectivity index (χ1n) is 7.05. The Hall–Kier alpha value is -1.59. The van der Waals surface area contributed by atoms with Crippen molar-refractivity contribution in [2.75, 3.05) is 7.05 Å². The van der Waals surface area contributed by atoms with Gasteiger partial charge in [0, 0.05) is 26.1 Å². The van der Waals surface area contributed by atoms with Crippen LogP contribution in [-0.4, -0.2) is 38.8 Å². The van der Waals surface area contributed by atoms with Crippen LogP contribution in [0.3, 0.4) is 0 Å². The van der Waals surface area contributed by atoms with Crippen molar-refractivity contribution in [2.45, 2.75) is 58.7 Å². The Morgan fingerprint density at radius 1 is 1.53 bits per heavy atom. The third kappa shape index (κ3) is 3.05. The number of rotatable bonds is 5. The highest BCUT2D eigenvalue weighted by Gasteiger charge is 2.19. The summed E-state index contributed by atoms with van der Waals surface area (Å²) in [7, 11) is 1.84. The van der Waals surface area contributed by atoms with Gasteiger partial charge in [-0.15, -0.1) is 10.2 Å². The SMILES string of the molecule is CCC[C@H](C)N(C)C(=O)NCc1nnc2n1CCC2. The van der Waals surface area contributed by atoms with Gasteiger partial charge in [0.15, 0.2) is 5.82 Å². The van der Waals surface area contributed by atoms with Gasteiger partial charge in [0.2, 0.25) is 0 Å². The molecule has 2 heterocycles. The molecule has 0 bridgehead atoms. The molecule has 6 heteroatoms. The van der Waals surface area contributed by atoms with Crippen LogP contribution in [0.1, 0.15) is 44.8 Å². The molecule has 19 heavy (non-hydrogen) atoms. The Labute approximate surface area is 114 Å². The standard InChI is InChI=1S/C13H23N5O/c1-4-6-10(2)17(3)13(19)14-9-12-16-15-11-7-5-8-18(11)12/h10H,4-9H2,1-3H3,(H,14,19)/t10-/m0/s1. The van der Waals surface area contributed by atoms with Crippen LogP contribution in [0, 0.1) is 0 Å². The Balaban J connectivity index is 1.86. The van der Waals surface area contributed by atoms with Gasteiger partial charge in [-0.1, -0.05) is 13.3 Å². The number of nitrogens with zero attached hydrogens (tertiary/aromatic N) is 4. The van der Waals surface area contributed by atoms with Gasteiger partial charge in [-0.2, -0.15) is 0 Å². The van der Waals surface area contributed by atoms with Gasteiger partial charge >= 0.3 is 6.03 Å². The number of nitrogens with one attached hydrogen (secondary N) is 1. The molecule has 1 aromatic heterocycles. The number of fused-ring (bicyclic) bond motifs is 1. The van der Waals surface area contributed by atoms with Crippen LogP contribution in [0.5, 0.6) is 0 Å². The third-order valence-electron chi connectivity index (χ3n) is 3.77. The first-order chi connectivity index (χ1) is 9.13. The van der Waals surface area contributed by atoms with E-state index in [1.54, 1.807) is 4.90 Å². The number of aryl methyl sites for hydroxylation is 1. The van der Waals surface area contributed by atoms with Gasteiger partial charge in [0.1, 0.15) is 5.82 Å². The number of carbonyl (C=O) groups excluding carboxylic acids is 1. The Bertz CT molecular complexity index is 442. The van der Waals surface area contributed by atoms with Crippen LogP contribution in [0.15, 0.2) is 0 Å². The summed E-state index contributed by atoms with van der Waals surface area (Å²) < 4.78 is 2.11. The summed E-state index contributed by atoms with van der Waals surface area (Å²) in [6, 6.07) is 0.213. The average Bonchev–Trinajstić information content (AvgIpc) is 2.98. The van der Waals surface area contributed by atoms with E-state index in [-0.39, 0.29) is 12.1 Å². The van der Waals surface area contributed by atoms with Crippen molar-refractivity contribution in [3.8, 4) is 0 Å². The zero-order chi connectivity index (χ0) is 13.8. The number of hydrogen-bond acceptors (Lipinski definition) is 3. The second kappa shape index (κ2) is 6.04. The molecule has 0 saturated carbocycles. The summed E-state index contributed by atoms with van der Waals surface area (Å²) in [5.41, 5.74) is 0. The topological polar surface area (TPSA) is 63.1 Å². The predicted octanol–water partition coefficient (Wildman–Crippen LogP) is 1.55. The van der Waals surface area contributed by atoms with E-state index < -0.39 is 0 Å². The quantitative estimate of drug-likeness (QED) is 0.878. The maximum absolute atomic E-state index is 12.0. The minimum absolute atomic E-state index is 0.0451. The zero-order valence-electron chi connectivity index (χ0n) is 12.0. The molecule has 0 spiro atoms. The molecule has 2 rings (SSSR count). The normalized spacial score (nSPS) is 15.1. The van der Waals surface area contributed by atoms with Crippen LogP contribution in [0.4, 0.5) is 4.79 Å². The fourth-order valence-corrected chi connectivity index (χ4v) is 2.43. The lowest BCUT2D eigenvalue weighted by atomic mass is 10.2. The van der Waals surface area contributed by atoms with Crippen LogP contribution >= 0.6 is 0 Å². The summed E-state index contributed by atoms with van der Waals surface area (Å²) in [6.45, 7) is 5.62. The number of amides is 2.